The van der Waals surface area contributed by atoms with Crippen molar-refractivity contribution in [2.24, 2.45) is 0 Å². The molecule has 0 spiro atoms. The zero-order chi connectivity index (χ0) is 11.1. The molecule has 4 heteroatoms. The Morgan fingerprint density at radius 2 is 2.33 bits per heavy atom. The molecule has 4 nitrogen and oxygen atoms in total. The Balaban J connectivity index is 2.41. The number of rotatable bonds is 6. The van der Waals surface area contributed by atoms with Crippen molar-refractivity contribution in [2.75, 3.05) is 26.2 Å². The molecule has 1 amide bonds. The van der Waals surface area contributed by atoms with Gasteiger partial charge in [-0.05, 0) is 25.8 Å². The number of hydrogen-bond donors (Lipinski definition) is 2. The second-order valence-corrected chi connectivity index (χ2v) is 4.05. The second-order valence-electron chi connectivity index (χ2n) is 4.05. The highest BCUT2D eigenvalue weighted by Gasteiger charge is 2.25. The fraction of sp³-hybridized carbons (Fsp3) is 0.909. The number of aliphatic hydroxyl groups is 1. The number of hydrogen-bond acceptors (Lipinski definition) is 3. The second kappa shape index (κ2) is 6.80. The Morgan fingerprint density at radius 3 is 2.87 bits per heavy atom. The predicted molar refractivity (Wildman–Crippen MR) is 59.6 cm³/mol. The van der Waals surface area contributed by atoms with Gasteiger partial charge in [0.05, 0.1) is 12.6 Å². The number of amides is 1. The maximum atomic E-state index is 12.0. The minimum absolute atomic E-state index is 0.00611. The van der Waals surface area contributed by atoms with Gasteiger partial charge in [-0.2, -0.15) is 0 Å². The molecule has 0 saturated carbocycles. The topological polar surface area (TPSA) is 52.6 Å². The molecular formula is C11H22N2O2. The van der Waals surface area contributed by atoms with E-state index >= 15 is 0 Å². The average Bonchev–Trinajstić information content (AvgIpc) is 2.76. The molecule has 1 saturated heterocycles. The Morgan fingerprint density at radius 1 is 1.53 bits per heavy atom. The van der Waals surface area contributed by atoms with Crippen LogP contribution in [-0.4, -0.2) is 48.2 Å². The number of carbonyl (C=O) groups is 1. The molecule has 88 valence electrons. The van der Waals surface area contributed by atoms with Crippen molar-refractivity contribution in [1.29, 1.82) is 0 Å². The minimum atomic E-state index is -0.00611. The molecule has 1 rings (SSSR count). The third-order valence-electron chi connectivity index (χ3n) is 2.82. The lowest BCUT2D eigenvalue weighted by atomic mass is 10.2. The highest BCUT2D eigenvalue weighted by atomic mass is 16.3. The van der Waals surface area contributed by atoms with Gasteiger partial charge >= 0.3 is 0 Å². The summed E-state index contributed by atoms with van der Waals surface area (Å²) < 4.78 is 0. The molecule has 1 atom stereocenters. The lowest BCUT2D eigenvalue weighted by Crippen LogP contribution is -2.45. The van der Waals surface area contributed by atoms with Crippen molar-refractivity contribution in [3.63, 3.8) is 0 Å². The molecular weight excluding hydrogens is 192 g/mol. The molecule has 0 aromatic rings. The lowest BCUT2D eigenvalue weighted by Gasteiger charge is -2.24. The van der Waals surface area contributed by atoms with E-state index in [1.807, 2.05) is 0 Å². The number of aliphatic hydroxyl groups excluding tert-OH is 1. The Kier molecular flexibility index (Phi) is 5.65. The van der Waals surface area contributed by atoms with Crippen molar-refractivity contribution in [3.05, 3.63) is 0 Å². The van der Waals surface area contributed by atoms with Crippen molar-refractivity contribution in [1.82, 2.24) is 10.2 Å². The molecule has 1 heterocycles. The third-order valence-corrected chi connectivity index (χ3v) is 2.82. The van der Waals surface area contributed by atoms with Crippen LogP contribution in [0.15, 0.2) is 0 Å². The van der Waals surface area contributed by atoms with Crippen LogP contribution in [0.3, 0.4) is 0 Å². The summed E-state index contributed by atoms with van der Waals surface area (Å²) in [5, 5.41) is 12.1. The summed E-state index contributed by atoms with van der Waals surface area (Å²) in [6, 6.07) is -0.00611. The average molecular weight is 214 g/mol. The summed E-state index contributed by atoms with van der Waals surface area (Å²) >= 11 is 0. The first-order valence-electron chi connectivity index (χ1n) is 5.92. The van der Waals surface area contributed by atoms with Gasteiger partial charge in [0.15, 0.2) is 0 Å². The van der Waals surface area contributed by atoms with Crippen LogP contribution in [0.25, 0.3) is 0 Å². The largest absolute Gasteiger partial charge is 0.395 e. The van der Waals surface area contributed by atoms with Gasteiger partial charge in [-0.1, -0.05) is 13.3 Å². The summed E-state index contributed by atoms with van der Waals surface area (Å²) in [6.45, 7) is 4.35. The van der Waals surface area contributed by atoms with E-state index in [2.05, 4.69) is 12.2 Å². The van der Waals surface area contributed by atoms with Gasteiger partial charge < -0.3 is 15.3 Å². The van der Waals surface area contributed by atoms with Crippen LogP contribution in [0.1, 0.15) is 32.6 Å². The first-order valence-corrected chi connectivity index (χ1v) is 5.92. The zero-order valence-electron chi connectivity index (χ0n) is 9.54. The van der Waals surface area contributed by atoms with Gasteiger partial charge in [0, 0.05) is 13.1 Å². The van der Waals surface area contributed by atoms with Crippen LogP contribution in [0, 0.1) is 0 Å². The van der Waals surface area contributed by atoms with Crippen molar-refractivity contribution < 1.29 is 9.90 Å². The van der Waals surface area contributed by atoms with Gasteiger partial charge in [0.1, 0.15) is 0 Å². The van der Waals surface area contributed by atoms with Crippen molar-refractivity contribution in [2.45, 2.75) is 38.6 Å². The van der Waals surface area contributed by atoms with Crippen molar-refractivity contribution >= 4 is 5.91 Å². The first kappa shape index (κ1) is 12.5. The smallest absolute Gasteiger partial charge is 0.239 e. The van der Waals surface area contributed by atoms with E-state index in [-0.39, 0.29) is 18.6 Å². The standard InChI is InChI=1S/C11H22N2O2/c1-2-3-7-13(8-9-14)11(15)10-5-4-6-12-10/h10,12,14H,2-9H2,1H3/t10-/m0/s1. The van der Waals surface area contributed by atoms with Gasteiger partial charge in [0.2, 0.25) is 5.91 Å². The Hall–Kier alpha value is -0.610. The molecule has 0 aliphatic carbocycles. The van der Waals surface area contributed by atoms with Gasteiger partial charge in [-0.3, -0.25) is 4.79 Å². The molecule has 0 bridgehead atoms. The number of unbranched alkanes of at least 4 members (excludes halogenated alkanes) is 1. The maximum Gasteiger partial charge on any atom is 0.239 e. The van der Waals surface area contributed by atoms with Gasteiger partial charge in [-0.25, -0.2) is 0 Å². The molecule has 1 aliphatic heterocycles. The molecule has 15 heavy (non-hydrogen) atoms. The molecule has 0 unspecified atom stereocenters. The SMILES string of the molecule is CCCCN(CCO)C(=O)[C@@H]1CCCN1. The van der Waals surface area contributed by atoms with Gasteiger partial charge in [0.25, 0.3) is 0 Å². The van der Waals surface area contributed by atoms with Crippen LogP contribution in [0.5, 0.6) is 0 Å². The van der Waals surface area contributed by atoms with Gasteiger partial charge in [-0.15, -0.1) is 0 Å². The van der Waals surface area contributed by atoms with Crippen LogP contribution < -0.4 is 5.32 Å². The van der Waals surface area contributed by atoms with Crippen LogP contribution in [0.4, 0.5) is 0 Å². The summed E-state index contributed by atoms with van der Waals surface area (Å²) in [7, 11) is 0. The van der Waals surface area contributed by atoms with Crippen LogP contribution in [0.2, 0.25) is 0 Å². The van der Waals surface area contributed by atoms with E-state index in [4.69, 9.17) is 5.11 Å². The monoisotopic (exact) mass is 214 g/mol. The van der Waals surface area contributed by atoms with E-state index in [0.717, 1.165) is 38.8 Å². The highest BCUT2D eigenvalue weighted by Crippen LogP contribution is 2.09. The Labute approximate surface area is 91.6 Å². The number of nitrogens with one attached hydrogen (secondary N) is 1. The van der Waals surface area contributed by atoms with E-state index in [1.165, 1.54) is 0 Å². The molecule has 1 fully saturated rings. The molecule has 2 N–H and O–H groups in total. The molecule has 0 radical (unpaired) electrons. The highest BCUT2D eigenvalue weighted by molar-refractivity contribution is 5.82. The minimum Gasteiger partial charge on any atom is -0.395 e. The molecule has 1 aliphatic rings. The van der Waals surface area contributed by atoms with E-state index < -0.39 is 0 Å². The lowest BCUT2D eigenvalue weighted by molar-refractivity contribution is -0.133. The Bertz CT molecular complexity index is 191. The van der Waals surface area contributed by atoms with Crippen molar-refractivity contribution in [3.8, 4) is 0 Å². The summed E-state index contributed by atoms with van der Waals surface area (Å²) in [5.41, 5.74) is 0. The normalized spacial score (nSPS) is 20.5. The zero-order valence-corrected chi connectivity index (χ0v) is 9.54. The maximum absolute atomic E-state index is 12.0. The van der Waals surface area contributed by atoms with Crippen LogP contribution in [-0.2, 0) is 4.79 Å². The number of nitrogens with zero attached hydrogens (tertiary/aromatic N) is 1. The molecule has 0 aromatic carbocycles. The summed E-state index contributed by atoms with van der Waals surface area (Å²) in [6.07, 6.45) is 4.11. The van der Waals surface area contributed by atoms with E-state index in [1.54, 1.807) is 4.90 Å². The van der Waals surface area contributed by atoms with E-state index in [0.29, 0.717) is 6.54 Å². The fourth-order valence-electron chi connectivity index (χ4n) is 1.92. The summed E-state index contributed by atoms with van der Waals surface area (Å²) in [5.74, 6) is 0.162. The third kappa shape index (κ3) is 3.80. The fourth-order valence-corrected chi connectivity index (χ4v) is 1.92. The van der Waals surface area contributed by atoms with E-state index in [9.17, 15) is 4.79 Å². The summed E-state index contributed by atoms with van der Waals surface area (Å²) in [4.78, 5) is 13.8. The predicted octanol–water partition coefficient (Wildman–Crippen LogP) is 0.359. The van der Waals surface area contributed by atoms with Crippen LogP contribution >= 0.6 is 0 Å². The quantitative estimate of drug-likeness (QED) is 0.671. The number of carbonyl (C=O) groups excluding carboxylic acids is 1. The molecule has 0 aromatic heterocycles. The first-order chi connectivity index (χ1) is 7.29.